The van der Waals surface area contributed by atoms with Crippen LogP contribution in [-0.4, -0.2) is 21.4 Å². The first-order chi connectivity index (χ1) is 9.82. The number of aliphatic hydroxyl groups excluding tert-OH is 1. The van der Waals surface area contributed by atoms with Crippen LogP contribution in [0.15, 0.2) is 12.4 Å². The number of nitrogens with zero attached hydrogens (tertiary/aromatic N) is 2. The van der Waals surface area contributed by atoms with Gasteiger partial charge in [0.2, 0.25) is 0 Å². The first-order valence-corrected chi connectivity index (χ1v) is 8.23. The van der Waals surface area contributed by atoms with Gasteiger partial charge in [0.1, 0.15) is 0 Å². The summed E-state index contributed by atoms with van der Waals surface area (Å²) in [5.74, 6) is 0.725. The van der Waals surface area contributed by atoms with Crippen molar-refractivity contribution in [3.63, 3.8) is 0 Å². The SMILES string of the molecule is CCn1cc(C(O)C2(CN)CCC(C(C)(C)C)CC2)cn1. The third-order valence-corrected chi connectivity index (χ3v) is 5.49. The highest BCUT2D eigenvalue weighted by atomic mass is 16.3. The van der Waals surface area contributed by atoms with E-state index in [0.29, 0.717) is 12.0 Å². The van der Waals surface area contributed by atoms with Crippen molar-refractivity contribution in [1.29, 1.82) is 0 Å². The van der Waals surface area contributed by atoms with Gasteiger partial charge in [0.15, 0.2) is 0 Å². The van der Waals surface area contributed by atoms with Crippen LogP contribution in [0.25, 0.3) is 0 Å². The van der Waals surface area contributed by atoms with Gasteiger partial charge in [0, 0.05) is 30.3 Å². The molecule has 0 spiro atoms. The highest BCUT2D eigenvalue weighted by Crippen LogP contribution is 2.50. The van der Waals surface area contributed by atoms with Crippen molar-refractivity contribution < 1.29 is 5.11 Å². The fourth-order valence-corrected chi connectivity index (χ4v) is 3.70. The molecule has 1 aromatic heterocycles. The highest BCUT2D eigenvalue weighted by Gasteiger charge is 2.43. The van der Waals surface area contributed by atoms with Gasteiger partial charge in [-0.15, -0.1) is 0 Å². The summed E-state index contributed by atoms with van der Waals surface area (Å²) in [5.41, 5.74) is 7.17. The number of aliphatic hydroxyl groups is 1. The number of aryl methyl sites for hydroxylation is 1. The third-order valence-electron chi connectivity index (χ3n) is 5.49. The summed E-state index contributed by atoms with van der Waals surface area (Å²) in [7, 11) is 0. The molecule has 1 heterocycles. The molecule has 0 aliphatic heterocycles. The van der Waals surface area contributed by atoms with Crippen LogP contribution in [-0.2, 0) is 6.54 Å². The summed E-state index contributed by atoms with van der Waals surface area (Å²) in [6.07, 6.45) is 7.57. The summed E-state index contributed by atoms with van der Waals surface area (Å²) < 4.78 is 1.86. The minimum atomic E-state index is -0.497. The molecule has 4 nitrogen and oxygen atoms in total. The van der Waals surface area contributed by atoms with Crippen molar-refractivity contribution in [3.8, 4) is 0 Å². The minimum Gasteiger partial charge on any atom is -0.388 e. The summed E-state index contributed by atoms with van der Waals surface area (Å²) in [6, 6.07) is 0. The van der Waals surface area contributed by atoms with E-state index in [1.165, 1.54) is 0 Å². The summed E-state index contributed by atoms with van der Waals surface area (Å²) in [6.45, 7) is 10.4. The zero-order valence-electron chi connectivity index (χ0n) is 14.0. The van der Waals surface area contributed by atoms with Gasteiger partial charge in [0.05, 0.1) is 12.3 Å². The van der Waals surface area contributed by atoms with Crippen LogP contribution in [0.5, 0.6) is 0 Å². The van der Waals surface area contributed by atoms with Gasteiger partial charge in [0.25, 0.3) is 0 Å². The molecule has 1 unspecified atom stereocenters. The lowest BCUT2D eigenvalue weighted by Gasteiger charge is -2.45. The molecule has 0 aromatic carbocycles. The van der Waals surface area contributed by atoms with Crippen molar-refractivity contribution >= 4 is 0 Å². The molecule has 4 heteroatoms. The summed E-state index contributed by atoms with van der Waals surface area (Å²) >= 11 is 0. The Hall–Kier alpha value is -0.870. The van der Waals surface area contributed by atoms with Gasteiger partial charge in [-0.2, -0.15) is 5.10 Å². The molecule has 0 amide bonds. The van der Waals surface area contributed by atoms with E-state index >= 15 is 0 Å². The van der Waals surface area contributed by atoms with Crippen LogP contribution in [0, 0.1) is 16.7 Å². The molecule has 120 valence electrons. The Labute approximate surface area is 128 Å². The standard InChI is InChI=1S/C17H31N3O/c1-5-20-11-13(10-19-20)15(21)17(12-18)8-6-14(7-9-17)16(2,3)4/h10-11,14-15,21H,5-9,12,18H2,1-4H3. The second-order valence-electron chi connectivity index (χ2n) is 7.74. The van der Waals surface area contributed by atoms with Crippen molar-refractivity contribution in [2.45, 2.75) is 66.0 Å². The molecule has 1 aliphatic rings. The van der Waals surface area contributed by atoms with E-state index in [9.17, 15) is 5.11 Å². The molecule has 1 saturated carbocycles. The van der Waals surface area contributed by atoms with Crippen LogP contribution < -0.4 is 5.73 Å². The molecule has 1 aromatic rings. The normalized spacial score (nSPS) is 28.6. The maximum Gasteiger partial charge on any atom is 0.0888 e. The lowest BCUT2D eigenvalue weighted by atomic mass is 9.61. The van der Waals surface area contributed by atoms with Crippen molar-refractivity contribution in [1.82, 2.24) is 9.78 Å². The van der Waals surface area contributed by atoms with E-state index in [4.69, 9.17) is 5.73 Å². The van der Waals surface area contributed by atoms with Gasteiger partial charge in [-0.1, -0.05) is 20.8 Å². The fourth-order valence-electron chi connectivity index (χ4n) is 3.70. The molecular formula is C17H31N3O. The summed E-state index contributed by atoms with van der Waals surface area (Å²) in [5, 5.41) is 15.1. The second-order valence-corrected chi connectivity index (χ2v) is 7.74. The van der Waals surface area contributed by atoms with Crippen LogP contribution in [0.3, 0.4) is 0 Å². The van der Waals surface area contributed by atoms with E-state index in [-0.39, 0.29) is 5.41 Å². The first-order valence-electron chi connectivity index (χ1n) is 8.23. The van der Waals surface area contributed by atoms with Crippen molar-refractivity contribution in [2.24, 2.45) is 22.5 Å². The highest BCUT2D eigenvalue weighted by molar-refractivity contribution is 5.13. The topological polar surface area (TPSA) is 64.1 Å². The Morgan fingerprint density at radius 2 is 2.05 bits per heavy atom. The fraction of sp³-hybridized carbons (Fsp3) is 0.824. The number of hydrogen-bond acceptors (Lipinski definition) is 3. The van der Waals surface area contributed by atoms with Gasteiger partial charge in [-0.05, 0) is 43.9 Å². The first kappa shape index (κ1) is 16.5. The van der Waals surface area contributed by atoms with Gasteiger partial charge >= 0.3 is 0 Å². The van der Waals surface area contributed by atoms with E-state index in [1.807, 2.05) is 10.9 Å². The Balaban J connectivity index is 2.12. The van der Waals surface area contributed by atoms with E-state index < -0.39 is 6.10 Å². The number of aromatic nitrogens is 2. The maximum atomic E-state index is 10.9. The molecule has 0 bridgehead atoms. The average Bonchev–Trinajstić information content (AvgIpc) is 2.94. The second kappa shape index (κ2) is 6.09. The number of hydrogen-bond donors (Lipinski definition) is 2. The summed E-state index contributed by atoms with van der Waals surface area (Å²) in [4.78, 5) is 0. The Kier molecular flexibility index (Phi) is 4.79. The van der Waals surface area contributed by atoms with Crippen molar-refractivity contribution in [2.75, 3.05) is 6.54 Å². The Morgan fingerprint density at radius 3 is 2.48 bits per heavy atom. The quantitative estimate of drug-likeness (QED) is 0.896. The maximum absolute atomic E-state index is 10.9. The smallest absolute Gasteiger partial charge is 0.0888 e. The van der Waals surface area contributed by atoms with Gasteiger partial charge in [-0.25, -0.2) is 0 Å². The predicted molar refractivity (Wildman–Crippen MR) is 85.8 cm³/mol. The van der Waals surface area contributed by atoms with Crippen LogP contribution >= 0.6 is 0 Å². The number of nitrogens with two attached hydrogens (primary N) is 1. The molecule has 1 atom stereocenters. The molecule has 1 aliphatic carbocycles. The van der Waals surface area contributed by atoms with Crippen molar-refractivity contribution in [3.05, 3.63) is 18.0 Å². The zero-order chi connectivity index (χ0) is 15.7. The molecule has 0 radical (unpaired) electrons. The third kappa shape index (κ3) is 3.32. The molecule has 2 rings (SSSR count). The zero-order valence-corrected chi connectivity index (χ0v) is 14.0. The van der Waals surface area contributed by atoms with Crippen LogP contribution in [0.1, 0.15) is 65.0 Å². The lowest BCUT2D eigenvalue weighted by molar-refractivity contribution is -0.0234. The molecule has 1 fully saturated rings. The predicted octanol–water partition coefficient (Wildman–Crippen LogP) is 3.12. The molecule has 0 saturated heterocycles. The minimum absolute atomic E-state index is 0.177. The van der Waals surface area contributed by atoms with Gasteiger partial charge < -0.3 is 10.8 Å². The largest absolute Gasteiger partial charge is 0.388 e. The molecule has 3 N–H and O–H groups in total. The lowest BCUT2D eigenvalue weighted by Crippen LogP contribution is -2.42. The monoisotopic (exact) mass is 293 g/mol. The number of rotatable bonds is 4. The average molecular weight is 293 g/mol. The van der Waals surface area contributed by atoms with E-state index in [0.717, 1.165) is 43.7 Å². The van der Waals surface area contributed by atoms with E-state index in [1.54, 1.807) is 6.20 Å². The van der Waals surface area contributed by atoms with Crippen LogP contribution in [0.4, 0.5) is 0 Å². The Bertz CT molecular complexity index is 453. The molecule has 21 heavy (non-hydrogen) atoms. The van der Waals surface area contributed by atoms with Gasteiger partial charge in [-0.3, -0.25) is 4.68 Å². The van der Waals surface area contributed by atoms with Crippen LogP contribution in [0.2, 0.25) is 0 Å². The van der Waals surface area contributed by atoms with E-state index in [2.05, 4.69) is 32.8 Å². The Morgan fingerprint density at radius 1 is 1.43 bits per heavy atom. The molecular weight excluding hydrogens is 262 g/mol.